The first-order valence-electron chi connectivity index (χ1n) is 16.0. The van der Waals surface area contributed by atoms with Gasteiger partial charge in [0, 0.05) is 44.0 Å². The maximum atomic E-state index is 6.62. The van der Waals surface area contributed by atoms with Crippen molar-refractivity contribution in [3.05, 3.63) is 126 Å². The maximum Gasteiger partial charge on any atom is 0.249 e. The Balaban J connectivity index is 1.48. The summed E-state index contributed by atoms with van der Waals surface area (Å²) in [7, 11) is 0. The van der Waals surface area contributed by atoms with E-state index in [9.17, 15) is 0 Å². The molecule has 0 fully saturated rings. The van der Waals surface area contributed by atoms with Crippen LogP contribution < -0.4 is 9.64 Å². The van der Waals surface area contributed by atoms with Crippen LogP contribution in [0.2, 0.25) is 0 Å². The van der Waals surface area contributed by atoms with E-state index in [1.54, 1.807) is 6.20 Å². The number of aromatic nitrogens is 3. The number of hydrogen-bond acceptors (Lipinski definition) is 6. The van der Waals surface area contributed by atoms with Gasteiger partial charge >= 0.3 is 0 Å². The zero-order valence-electron chi connectivity index (χ0n) is 26.9. The molecule has 0 unspecified atom stereocenters. The monoisotopic (exact) mass is 597 g/mol. The van der Waals surface area contributed by atoms with Gasteiger partial charge < -0.3 is 9.64 Å². The lowest BCUT2D eigenvalue weighted by molar-refractivity contribution is 0.102. The molecule has 1 atom stereocenters. The van der Waals surface area contributed by atoms with E-state index in [1.165, 1.54) is 11.1 Å². The Labute approximate surface area is 268 Å². The largest absolute Gasteiger partial charge is 0.474 e. The molecule has 0 saturated carbocycles. The van der Waals surface area contributed by atoms with Gasteiger partial charge in [-0.3, -0.25) is 4.90 Å². The van der Waals surface area contributed by atoms with Gasteiger partial charge in [0.2, 0.25) is 5.88 Å². The van der Waals surface area contributed by atoms with Gasteiger partial charge in [0.15, 0.2) is 11.3 Å². The van der Waals surface area contributed by atoms with Crippen molar-refractivity contribution in [1.82, 2.24) is 19.9 Å². The minimum absolute atomic E-state index is 0.140. The number of rotatable bonds is 13. The van der Waals surface area contributed by atoms with Crippen LogP contribution in [0.25, 0.3) is 11.2 Å². The second kappa shape index (κ2) is 15.8. The average Bonchev–Trinajstić information content (AvgIpc) is 3.07. The summed E-state index contributed by atoms with van der Waals surface area (Å²) in [6.07, 6.45) is 2.70. The number of hydrogen-bond donors (Lipinski definition) is 0. The van der Waals surface area contributed by atoms with Crippen LogP contribution in [0.1, 0.15) is 56.5 Å². The highest BCUT2D eigenvalue weighted by Gasteiger charge is 2.23. The Kier molecular flexibility index (Phi) is 11.1. The van der Waals surface area contributed by atoms with Crippen molar-refractivity contribution in [1.29, 1.82) is 0 Å². The summed E-state index contributed by atoms with van der Waals surface area (Å²) >= 11 is 0. The molecule has 0 N–H and O–H groups in total. The first-order chi connectivity index (χ1) is 22.0. The van der Waals surface area contributed by atoms with Gasteiger partial charge in [-0.2, -0.15) is 0 Å². The summed E-state index contributed by atoms with van der Waals surface area (Å²) in [6.45, 7) is 12.8. The number of fused-ring (bicyclic) bond motifs is 1. The van der Waals surface area contributed by atoms with Gasteiger partial charge in [-0.25, -0.2) is 15.0 Å². The minimum atomic E-state index is 0.140. The molecule has 230 valence electrons. The van der Waals surface area contributed by atoms with Crippen molar-refractivity contribution in [2.24, 2.45) is 5.92 Å². The van der Waals surface area contributed by atoms with Crippen LogP contribution in [0, 0.1) is 17.8 Å². The lowest BCUT2D eigenvalue weighted by Gasteiger charge is -2.33. The zero-order chi connectivity index (χ0) is 31.4. The first kappa shape index (κ1) is 31.7. The minimum Gasteiger partial charge on any atom is -0.474 e. The van der Waals surface area contributed by atoms with Crippen molar-refractivity contribution < 1.29 is 4.74 Å². The second-order valence-electron chi connectivity index (χ2n) is 11.6. The number of anilines is 1. The predicted molar refractivity (Wildman–Crippen MR) is 184 cm³/mol. The summed E-state index contributed by atoms with van der Waals surface area (Å²) in [6, 6.07) is 33.5. The molecule has 2 heterocycles. The molecule has 2 aromatic heterocycles. The Morgan fingerprint density at radius 3 is 2.02 bits per heavy atom. The molecular formula is C39H43N5O. The van der Waals surface area contributed by atoms with E-state index in [0.717, 1.165) is 43.9 Å². The first-order valence-corrected chi connectivity index (χ1v) is 16.0. The van der Waals surface area contributed by atoms with E-state index < -0.39 is 0 Å². The number of ether oxygens (including phenoxy) is 1. The Bertz CT molecular complexity index is 1670. The van der Waals surface area contributed by atoms with Gasteiger partial charge in [-0.1, -0.05) is 92.6 Å². The standard InChI is InChI=1S/C39H43N5O/c1-5-43(6-2)37-22-14-13-20-33(37)23-24-36-39(42-35-21-15-25-40-38(35)41-36)45-29-34(26-30(3)4)44(27-31-16-9-7-10-17-31)28-32-18-11-8-12-19-32/h7-22,25,30,34H,5-6,26-29H2,1-4H3/t34-/m0/s1. The van der Waals surface area contributed by atoms with Crippen molar-refractivity contribution in [2.45, 2.75) is 53.2 Å². The summed E-state index contributed by atoms with van der Waals surface area (Å²) in [5.74, 6) is 7.61. The third-order valence-corrected chi connectivity index (χ3v) is 7.86. The summed E-state index contributed by atoms with van der Waals surface area (Å²) in [4.78, 5) is 19.0. The third-order valence-electron chi connectivity index (χ3n) is 7.86. The van der Waals surface area contributed by atoms with E-state index in [1.807, 2.05) is 18.2 Å². The topological polar surface area (TPSA) is 54.4 Å². The van der Waals surface area contributed by atoms with Crippen LogP contribution in [0.4, 0.5) is 5.69 Å². The smallest absolute Gasteiger partial charge is 0.249 e. The van der Waals surface area contributed by atoms with Crippen LogP contribution in [-0.2, 0) is 13.1 Å². The van der Waals surface area contributed by atoms with Crippen LogP contribution in [0.15, 0.2) is 103 Å². The molecular weight excluding hydrogens is 554 g/mol. The summed E-state index contributed by atoms with van der Waals surface area (Å²) in [5, 5.41) is 0. The van der Waals surface area contributed by atoms with Crippen LogP contribution in [0.5, 0.6) is 5.88 Å². The number of nitrogens with zero attached hydrogens (tertiary/aromatic N) is 5. The predicted octanol–water partition coefficient (Wildman–Crippen LogP) is 7.77. The van der Waals surface area contributed by atoms with Gasteiger partial charge in [0.05, 0.1) is 5.69 Å². The number of para-hydroxylation sites is 1. The molecule has 0 aliphatic carbocycles. The molecule has 0 amide bonds. The van der Waals surface area contributed by atoms with Crippen molar-refractivity contribution in [3.63, 3.8) is 0 Å². The highest BCUT2D eigenvalue weighted by atomic mass is 16.5. The lowest BCUT2D eigenvalue weighted by Crippen LogP contribution is -2.40. The van der Waals surface area contributed by atoms with Gasteiger partial charge in [-0.05, 0) is 67.5 Å². The molecule has 0 aliphatic rings. The van der Waals surface area contributed by atoms with E-state index in [2.05, 4.69) is 133 Å². The fourth-order valence-electron chi connectivity index (χ4n) is 5.60. The number of benzene rings is 3. The molecule has 0 radical (unpaired) electrons. The Morgan fingerprint density at radius 1 is 0.733 bits per heavy atom. The number of pyridine rings is 1. The van der Waals surface area contributed by atoms with Crippen molar-refractivity contribution >= 4 is 16.9 Å². The Hall–Kier alpha value is -4.73. The lowest BCUT2D eigenvalue weighted by atomic mass is 10.0. The molecule has 6 heteroatoms. The molecule has 0 spiro atoms. The van der Waals surface area contributed by atoms with E-state index in [4.69, 9.17) is 14.7 Å². The molecule has 3 aromatic carbocycles. The molecule has 6 nitrogen and oxygen atoms in total. The van der Waals surface area contributed by atoms with Crippen LogP contribution >= 0.6 is 0 Å². The highest BCUT2D eigenvalue weighted by Crippen LogP contribution is 2.24. The van der Waals surface area contributed by atoms with E-state index in [-0.39, 0.29) is 6.04 Å². The molecule has 0 bridgehead atoms. The highest BCUT2D eigenvalue weighted by molar-refractivity contribution is 5.71. The molecule has 5 rings (SSSR count). The normalized spacial score (nSPS) is 11.8. The van der Waals surface area contributed by atoms with E-state index >= 15 is 0 Å². The quantitative estimate of drug-likeness (QED) is 0.129. The summed E-state index contributed by atoms with van der Waals surface area (Å²) < 4.78 is 6.62. The van der Waals surface area contributed by atoms with Crippen LogP contribution in [-0.4, -0.2) is 45.6 Å². The molecule has 45 heavy (non-hydrogen) atoms. The SMILES string of the molecule is CCN(CC)c1ccccc1C#Cc1nc2ncccc2nc1OC[C@H](CC(C)C)N(Cc1ccccc1)Cc1ccccc1. The average molecular weight is 598 g/mol. The fourth-order valence-corrected chi connectivity index (χ4v) is 5.60. The van der Waals surface area contributed by atoms with Gasteiger partial charge in [0.1, 0.15) is 12.1 Å². The van der Waals surface area contributed by atoms with E-state index in [0.29, 0.717) is 35.3 Å². The second-order valence-corrected chi connectivity index (χ2v) is 11.6. The van der Waals surface area contributed by atoms with Gasteiger partial charge in [0.25, 0.3) is 0 Å². The summed E-state index contributed by atoms with van der Waals surface area (Å²) in [5.41, 5.74) is 6.35. The Morgan fingerprint density at radius 2 is 1.38 bits per heavy atom. The maximum absolute atomic E-state index is 6.62. The van der Waals surface area contributed by atoms with Gasteiger partial charge in [-0.15, -0.1) is 0 Å². The fraction of sp³-hybridized carbons (Fsp3) is 0.308. The zero-order valence-corrected chi connectivity index (χ0v) is 26.9. The molecule has 0 aliphatic heterocycles. The molecule has 5 aromatic rings. The third kappa shape index (κ3) is 8.68. The van der Waals surface area contributed by atoms with Crippen molar-refractivity contribution in [2.75, 3.05) is 24.6 Å². The van der Waals surface area contributed by atoms with Crippen molar-refractivity contribution in [3.8, 4) is 17.7 Å². The van der Waals surface area contributed by atoms with Crippen LogP contribution in [0.3, 0.4) is 0 Å². The molecule has 0 saturated heterocycles.